The molecule has 1 rings (SSSR count). The van der Waals surface area contributed by atoms with Crippen LogP contribution in [0.25, 0.3) is 0 Å². The Balaban J connectivity index is 2.13. The number of hydroxylamine groups is 1. The van der Waals surface area contributed by atoms with E-state index in [1.807, 2.05) is 18.2 Å². The van der Waals surface area contributed by atoms with Gasteiger partial charge in [0.2, 0.25) is 0 Å². The summed E-state index contributed by atoms with van der Waals surface area (Å²) in [5.41, 5.74) is 4.17. The normalized spacial score (nSPS) is 10.7. The minimum Gasteiger partial charge on any atom is -0.301 e. The average molecular weight is 179 g/mol. The maximum absolute atomic E-state index is 5.25. The molecule has 2 nitrogen and oxygen atoms in total. The monoisotopic (exact) mass is 179 g/mol. The van der Waals surface area contributed by atoms with Crippen LogP contribution < -0.4 is 5.48 Å². The van der Waals surface area contributed by atoms with Crippen molar-refractivity contribution in [1.29, 1.82) is 0 Å². The van der Waals surface area contributed by atoms with Gasteiger partial charge in [-0.1, -0.05) is 44.2 Å². The van der Waals surface area contributed by atoms with Crippen LogP contribution >= 0.6 is 0 Å². The zero-order chi connectivity index (χ0) is 9.52. The van der Waals surface area contributed by atoms with Crippen molar-refractivity contribution in [2.45, 2.75) is 20.4 Å². The van der Waals surface area contributed by atoms with E-state index in [0.29, 0.717) is 5.92 Å². The first-order valence-corrected chi connectivity index (χ1v) is 4.67. The van der Waals surface area contributed by atoms with E-state index < -0.39 is 0 Å². The van der Waals surface area contributed by atoms with Crippen LogP contribution in [0.3, 0.4) is 0 Å². The highest BCUT2D eigenvalue weighted by molar-refractivity contribution is 5.13. The van der Waals surface area contributed by atoms with Gasteiger partial charge in [0, 0.05) is 6.54 Å². The summed E-state index contributed by atoms with van der Waals surface area (Å²) in [6.07, 6.45) is 0. The van der Waals surface area contributed by atoms with E-state index in [2.05, 4.69) is 31.5 Å². The predicted octanol–water partition coefficient (Wildman–Crippen LogP) is 2.36. The zero-order valence-corrected chi connectivity index (χ0v) is 8.29. The summed E-state index contributed by atoms with van der Waals surface area (Å²) in [4.78, 5) is 5.25. The van der Waals surface area contributed by atoms with E-state index in [4.69, 9.17) is 4.84 Å². The minimum atomic E-state index is 0.572. The van der Waals surface area contributed by atoms with E-state index in [1.165, 1.54) is 5.56 Å². The van der Waals surface area contributed by atoms with Crippen LogP contribution in [0.15, 0.2) is 30.3 Å². The fourth-order valence-electron chi connectivity index (χ4n) is 0.956. The summed E-state index contributed by atoms with van der Waals surface area (Å²) in [6.45, 7) is 5.79. The fourth-order valence-corrected chi connectivity index (χ4v) is 0.956. The lowest BCUT2D eigenvalue weighted by molar-refractivity contribution is 0.0196. The van der Waals surface area contributed by atoms with E-state index in [0.717, 1.165) is 13.2 Å². The van der Waals surface area contributed by atoms with Crippen LogP contribution in [-0.4, -0.2) is 6.61 Å². The Hall–Kier alpha value is -0.860. The molecule has 0 radical (unpaired) electrons. The molecular weight excluding hydrogens is 162 g/mol. The molecule has 0 bridgehead atoms. The van der Waals surface area contributed by atoms with Crippen LogP contribution in [0, 0.1) is 5.92 Å². The van der Waals surface area contributed by atoms with Crippen molar-refractivity contribution >= 4 is 0 Å². The number of hydrogen-bond acceptors (Lipinski definition) is 2. The first-order chi connectivity index (χ1) is 6.29. The standard InChI is InChI=1S/C11H17NO/c1-10(2)9-13-12-8-11-6-4-3-5-7-11/h3-7,10,12H,8-9H2,1-2H3. The molecule has 2 heteroatoms. The Kier molecular flexibility index (Phi) is 4.50. The number of rotatable bonds is 5. The van der Waals surface area contributed by atoms with Crippen LogP contribution in [0.2, 0.25) is 0 Å². The smallest absolute Gasteiger partial charge is 0.0705 e. The molecule has 0 spiro atoms. The van der Waals surface area contributed by atoms with Gasteiger partial charge < -0.3 is 4.84 Å². The highest BCUT2D eigenvalue weighted by Gasteiger charge is 1.93. The van der Waals surface area contributed by atoms with E-state index >= 15 is 0 Å². The maximum atomic E-state index is 5.25. The Bertz CT molecular complexity index is 221. The van der Waals surface area contributed by atoms with Crippen LogP contribution in [0.5, 0.6) is 0 Å². The second-order valence-electron chi connectivity index (χ2n) is 3.51. The number of nitrogens with one attached hydrogen (secondary N) is 1. The molecule has 1 aromatic rings. The van der Waals surface area contributed by atoms with Gasteiger partial charge in [-0.2, -0.15) is 5.48 Å². The van der Waals surface area contributed by atoms with Crippen molar-refractivity contribution < 1.29 is 4.84 Å². The second kappa shape index (κ2) is 5.73. The summed E-state index contributed by atoms with van der Waals surface area (Å²) < 4.78 is 0. The van der Waals surface area contributed by atoms with Crippen molar-refractivity contribution in [3.8, 4) is 0 Å². The fraction of sp³-hybridized carbons (Fsp3) is 0.455. The van der Waals surface area contributed by atoms with Gasteiger partial charge in [0.15, 0.2) is 0 Å². The largest absolute Gasteiger partial charge is 0.301 e. The van der Waals surface area contributed by atoms with Gasteiger partial charge >= 0.3 is 0 Å². The molecule has 0 aliphatic carbocycles. The van der Waals surface area contributed by atoms with Crippen LogP contribution in [0.4, 0.5) is 0 Å². The first-order valence-electron chi connectivity index (χ1n) is 4.67. The SMILES string of the molecule is CC(C)CONCc1ccccc1. The van der Waals surface area contributed by atoms with Gasteiger partial charge in [0.1, 0.15) is 0 Å². The lowest BCUT2D eigenvalue weighted by atomic mass is 10.2. The van der Waals surface area contributed by atoms with Gasteiger partial charge in [-0.25, -0.2) is 0 Å². The Morgan fingerprint density at radius 3 is 2.54 bits per heavy atom. The molecule has 13 heavy (non-hydrogen) atoms. The molecule has 1 aromatic carbocycles. The summed E-state index contributed by atoms with van der Waals surface area (Å²) in [5.74, 6) is 0.572. The van der Waals surface area contributed by atoms with Crippen LogP contribution in [-0.2, 0) is 11.4 Å². The molecule has 0 aromatic heterocycles. The van der Waals surface area contributed by atoms with Gasteiger partial charge in [-0.15, -0.1) is 0 Å². The average Bonchev–Trinajstić information content (AvgIpc) is 2.14. The number of hydrogen-bond donors (Lipinski definition) is 1. The second-order valence-corrected chi connectivity index (χ2v) is 3.51. The van der Waals surface area contributed by atoms with Gasteiger partial charge in [-0.05, 0) is 11.5 Å². The highest BCUT2D eigenvalue weighted by atomic mass is 16.6. The summed E-state index contributed by atoms with van der Waals surface area (Å²) in [6, 6.07) is 10.2. The van der Waals surface area contributed by atoms with Crippen molar-refractivity contribution in [1.82, 2.24) is 5.48 Å². The lowest BCUT2D eigenvalue weighted by Crippen LogP contribution is -2.17. The van der Waals surface area contributed by atoms with Crippen LogP contribution in [0.1, 0.15) is 19.4 Å². The quantitative estimate of drug-likeness (QED) is 0.553. The third-order valence-corrected chi connectivity index (χ3v) is 1.64. The minimum absolute atomic E-state index is 0.572. The molecule has 0 saturated heterocycles. The Morgan fingerprint density at radius 2 is 1.92 bits per heavy atom. The molecule has 0 atom stereocenters. The first kappa shape index (κ1) is 10.2. The van der Waals surface area contributed by atoms with Gasteiger partial charge in [0.25, 0.3) is 0 Å². The van der Waals surface area contributed by atoms with E-state index in [9.17, 15) is 0 Å². The summed E-state index contributed by atoms with van der Waals surface area (Å²) in [5, 5.41) is 0. The molecule has 0 aliphatic rings. The third kappa shape index (κ3) is 4.65. The summed E-state index contributed by atoms with van der Waals surface area (Å²) >= 11 is 0. The van der Waals surface area contributed by atoms with Crippen molar-refractivity contribution in [2.75, 3.05) is 6.61 Å². The topological polar surface area (TPSA) is 21.3 Å². The van der Waals surface area contributed by atoms with Crippen molar-refractivity contribution in [3.63, 3.8) is 0 Å². The molecule has 72 valence electrons. The molecular formula is C11H17NO. The Morgan fingerprint density at radius 1 is 1.23 bits per heavy atom. The molecule has 0 aliphatic heterocycles. The van der Waals surface area contributed by atoms with E-state index in [-0.39, 0.29) is 0 Å². The summed E-state index contributed by atoms with van der Waals surface area (Å²) in [7, 11) is 0. The molecule has 1 N–H and O–H groups in total. The molecule has 0 amide bonds. The molecule has 0 saturated carbocycles. The Labute approximate surface area is 79.9 Å². The highest BCUT2D eigenvalue weighted by Crippen LogP contribution is 1.97. The third-order valence-electron chi connectivity index (χ3n) is 1.64. The van der Waals surface area contributed by atoms with Gasteiger partial charge in [0.05, 0.1) is 6.61 Å². The lowest BCUT2D eigenvalue weighted by Gasteiger charge is -2.07. The molecule has 0 unspecified atom stereocenters. The zero-order valence-electron chi connectivity index (χ0n) is 8.29. The number of benzene rings is 1. The maximum Gasteiger partial charge on any atom is 0.0705 e. The van der Waals surface area contributed by atoms with Crippen molar-refractivity contribution in [2.24, 2.45) is 5.92 Å². The van der Waals surface area contributed by atoms with Gasteiger partial charge in [-0.3, -0.25) is 0 Å². The van der Waals surface area contributed by atoms with E-state index in [1.54, 1.807) is 0 Å². The molecule has 0 heterocycles. The molecule has 0 fully saturated rings. The predicted molar refractivity (Wildman–Crippen MR) is 54.1 cm³/mol. The van der Waals surface area contributed by atoms with Crippen molar-refractivity contribution in [3.05, 3.63) is 35.9 Å².